The normalized spacial score (nSPS) is 10.1. The molecule has 1 N–H and O–H groups in total. The highest BCUT2D eigenvalue weighted by molar-refractivity contribution is 6.35. The van der Waals surface area contributed by atoms with E-state index in [9.17, 15) is 0 Å². The Morgan fingerprint density at radius 3 is 2.40 bits per heavy atom. The van der Waals surface area contributed by atoms with Crippen LogP contribution in [-0.2, 0) is 13.2 Å². The van der Waals surface area contributed by atoms with E-state index >= 15 is 0 Å². The van der Waals surface area contributed by atoms with Crippen LogP contribution >= 0.6 is 48.0 Å². The molecule has 0 heterocycles. The quantitative estimate of drug-likeness (QED) is 0.597. The Bertz CT molecular complexity index is 638. The molecule has 0 saturated carbocycles. The molecule has 140 valence electrons. The van der Waals surface area contributed by atoms with Gasteiger partial charge in [0.1, 0.15) is 12.4 Å². The van der Waals surface area contributed by atoms with Gasteiger partial charge in [0.2, 0.25) is 0 Å². The van der Waals surface area contributed by atoms with Crippen molar-refractivity contribution in [2.45, 2.75) is 13.2 Å². The number of hydrogen-bond acceptors (Lipinski definition) is 3. The number of likely N-dealkylation sites (N-methyl/N-ethyl adjacent to an activating group) is 1. The Balaban J connectivity index is 0.00000288. The molecule has 2 aromatic carbocycles. The number of benzene rings is 2. The summed E-state index contributed by atoms with van der Waals surface area (Å²) >= 11 is 12.1. The number of hydrogen-bond donors (Lipinski definition) is 1. The van der Waals surface area contributed by atoms with E-state index in [1.54, 1.807) is 6.07 Å². The summed E-state index contributed by atoms with van der Waals surface area (Å²) in [6.45, 7) is 3.14. The molecule has 2 rings (SSSR count). The van der Waals surface area contributed by atoms with Gasteiger partial charge >= 0.3 is 0 Å². The lowest BCUT2D eigenvalue weighted by atomic mass is 10.2. The monoisotopic (exact) mass is 424 g/mol. The minimum absolute atomic E-state index is 0. The molecule has 0 saturated heterocycles. The van der Waals surface area contributed by atoms with Gasteiger partial charge in [0.15, 0.2) is 0 Å². The van der Waals surface area contributed by atoms with Crippen LogP contribution in [0.5, 0.6) is 5.75 Å². The maximum absolute atomic E-state index is 6.19. The topological polar surface area (TPSA) is 24.5 Å². The Hall–Kier alpha value is -0.680. The fraction of sp³-hybridized carbons (Fsp3) is 0.333. The zero-order valence-electron chi connectivity index (χ0n) is 14.3. The summed E-state index contributed by atoms with van der Waals surface area (Å²) < 4.78 is 5.94. The molecule has 0 atom stereocenters. The summed E-state index contributed by atoms with van der Waals surface area (Å²) in [5.74, 6) is 0.871. The molecule has 0 radical (unpaired) electrons. The van der Waals surface area contributed by atoms with Crippen LogP contribution in [-0.4, -0.2) is 32.1 Å². The molecular weight excluding hydrogens is 402 g/mol. The van der Waals surface area contributed by atoms with Gasteiger partial charge < -0.3 is 15.0 Å². The average Bonchev–Trinajstić information content (AvgIpc) is 2.51. The van der Waals surface area contributed by atoms with Crippen LogP contribution < -0.4 is 10.1 Å². The molecule has 2 aromatic rings. The van der Waals surface area contributed by atoms with Crippen molar-refractivity contribution in [1.82, 2.24) is 10.2 Å². The molecule has 0 aliphatic rings. The van der Waals surface area contributed by atoms with Crippen LogP contribution in [0.15, 0.2) is 42.5 Å². The number of nitrogens with one attached hydrogen (secondary N) is 1. The fourth-order valence-corrected chi connectivity index (χ4v) is 2.57. The van der Waals surface area contributed by atoms with Crippen molar-refractivity contribution < 1.29 is 4.74 Å². The van der Waals surface area contributed by atoms with Gasteiger partial charge in [-0.2, -0.15) is 0 Å². The third-order valence-corrected chi connectivity index (χ3v) is 4.01. The molecule has 0 amide bonds. The van der Waals surface area contributed by atoms with Crippen molar-refractivity contribution >= 4 is 48.0 Å². The van der Waals surface area contributed by atoms with E-state index in [-0.39, 0.29) is 24.8 Å². The third kappa shape index (κ3) is 8.50. The van der Waals surface area contributed by atoms with Crippen molar-refractivity contribution in [3.8, 4) is 5.75 Å². The minimum Gasteiger partial charge on any atom is -0.489 e. The molecule has 0 aliphatic carbocycles. The predicted molar refractivity (Wildman–Crippen MR) is 112 cm³/mol. The molecule has 0 bridgehead atoms. The minimum atomic E-state index is 0. The Morgan fingerprint density at radius 1 is 1.00 bits per heavy atom. The van der Waals surface area contributed by atoms with E-state index in [4.69, 9.17) is 27.9 Å². The lowest BCUT2D eigenvalue weighted by molar-refractivity contribution is 0.302. The first-order chi connectivity index (χ1) is 11.1. The summed E-state index contributed by atoms with van der Waals surface area (Å²) in [6, 6.07) is 13.5. The lowest BCUT2D eigenvalue weighted by Gasteiger charge is -2.14. The highest BCUT2D eigenvalue weighted by Crippen LogP contribution is 2.24. The first kappa shape index (κ1) is 24.3. The number of ether oxygens (including phenoxy) is 1. The largest absolute Gasteiger partial charge is 0.489 e. The molecule has 7 heteroatoms. The van der Waals surface area contributed by atoms with E-state index in [0.29, 0.717) is 16.7 Å². The average molecular weight is 426 g/mol. The predicted octanol–water partition coefficient (Wildman–Crippen LogP) is 5.07. The van der Waals surface area contributed by atoms with Gasteiger partial charge in [-0.25, -0.2) is 0 Å². The molecule has 3 nitrogen and oxygen atoms in total. The van der Waals surface area contributed by atoms with E-state index in [2.05, 4.69) is 30.4 Å². The smallest absolute Gasteiger partial charge is 0.124 e. The second kappa shape index (κ2) is 12.6. The molecule has 0 aromatic heterocycles. The summed E-state index contributed by atoms with van der Waals surface area (Å²) in [7, 11) is 4.13. The van der Waals surface area contributed by atoms with Crippen molar-refractivity contribution in [1.29, 1.82) is 0 Å². The summed E-state index contributed by atoms with van der Waals surface area (Å²) in [5.41, 5.74) is 2.06. The zero-order valence-corrected chi connectivity index (χ0v) is 17.4. The highest BCUT2D eigenvalue weighted by Gasteiger charge is 2.06. The first-order valence-electron chi connectivity index (χ1n) is 7.56. The van der Waals surface area contributed by atoms with E-state index < -0.39 is 0 Å². The van der Waals surface area contributed by atoms with Gasteiger partial charge in [-0.3, -0.25) is 0 Å². The van der Waals surface area contributed by atoms with Gasteiger partial charge in [0, 0.05) is 40.8 Å². The first-order valence-corrected chi connectivity index (χ1v) is 8.32. The van der Waals surface area contributed by atoms with E-state index in [1.807, 2.05) is 30.3 Å². The van der Waals surface area contributed by atoms with Gasteiger partial charge in [0.05, 0.1) is 0 Å². The number of rotatable bonds is 8. The van der Waals surface area contributed by atoms with Crippen LogP contribution in [0.4, 0.5) is 0 Å². The summed E-state index contributed by atoms with van der Waals surface area (Å²) in [5, 5.41) is 4.68. The number of halogens is 4. The van der Waals surface area contributed by atoms with Gasteiger partial charge in [0.25, 0.3) is 0 Å². The van der Waals surface area contributed by atoms with Gasteiger partial charge in [-0.15, -0.1) is 24.8 Å². The van der Waals surface area contributed by atoms with Crippen LogP contribution in [0.3, 0.4) is 0 Å². The maximum Gasteiger partial charge on any atom is 0.124 e. The number of para-hydroxylation sites is 1. The maximum atomic E-state index is 6.19. The Morgan fingerprint density at radius 2 is 1.72 bits per heavy atom. The molecule has 0 unspecified atom stereocenters. The highest BCUT2D eigenvalue weighted by atomic mass is 35.5. The lowest BCUT2D eigenvalue weighted by Crippen LogP contribution is -2.26. The van der Waals surface area contributed by atoms with Crippen molar-refractivity contribution in [3.05, 3.63) is 63.6 Å². The van der Waals surface area contributed by atoms with Crippen molar-refractivity contribution in [3.63, 3.8) is 0 Å². The molecule has 25 heavy (non-hydrogen) atoms. The second-order valence-corrected chi connectivity index (χ2v) is 6.46. The Labute approximate surface area is 172 Å². The summed E-state index contributed by atoms with van der Waals surface area (Å²) in [6.07, 6.45) is 0. The van der Waals surface area contributed by atoms with Crippen LogP contribution in [0.2, 0.25) is 10.0 Å². The van der Waals surface area contributed by atoms with Crippen molar-refractivity contribution in [2.75, 3.05) is 27.2 Å². The standard InChI is InChI=1S/C18H22Cl2N2O.2ClH/c1-22(2)10-9-21-12-14-5-3-4-6-18(14)23-13-15-7-8-16(19)11-17(15)20;;/h3-8,11,21H,9-10,12-13H2,1-2H3;2*1H. The zero-order chi connectivity index (χ0) is 16.7. The molecular formula is C18H24Cl4N2O. The van der Waals surface area contributed by atoms with Crippen LogP contribution in [0, 0.1) is 0 Å². The van der Waals surface area contributed by atoms with E-state index in [0.717, 1.165) is 36.5 Å². The van der Waals surface area contributed by atoms with Crippen LogP contribution in [0.1, 0.15) is 11.1 Å². The fourth-order valence-electron chi connectivity index (χ4n) is 2.11. The Kier molecular flexibility index (Phi) is 12.3. The molecule has 0 spiro atoms. The van der Waals surface area contributed by atoms with Gasteiger partial charge in [-0.1, -0.05) is 47.5 Å². The SMILES string of the molecule is CN(C)CCNCc1ccccc1OCc1ccc(Cl)cc1Cl.Cl.Cl. The summed E-state index contributed by atoms with van der Waals surface area (Å²) in [4.78, 5) is 2.15. The third-order valence-electron chi connectivity index (χ3n) is 3.42. The second-order valence-electron chi connectivity index (χ2n) is 5.61. The van der Waals surface area contributed by atoms with E-state index in [1.165, 1.54) is 0 Å². The number of nitrogens with zero attached hydrogens (tertiary/aromatic N) is 1. The molecule has 0 aliphatic heterocycles. The van der Waals surface area contributed by atoms with Gasteiger partial charge in [-0.05, 0) is 32.3 Å². The van der Waals surface area contributed by atoms with Crippen molar-refractivity contribution in [2.24, 2.45) is 0 Å². The molecule has 0 fully saturated rings. The van der Waals surface area contributed by atoms with Crippen LogP contribution in [0.25, 0.3) is 0 Å².